The van der Waals surface area contributed by atoms with Crippen LogP contribution in [0.3, 0.4) is 0 Å². The van der Waals surface area contributed by atoms with E-state index in [2.05, 4.69) is 26.9 Å². The fourth-order valence-electron chi connectivity index (χ4n) is 2.37. The van der Waals surface area contributed by atoms with Crippen molar-refractivity contribution >= 4 is 28.9 Å². The monoisotopic (exact) mass is 285 g/mol. The summed E-state index contributed by atoms with van der Waals surface area (Å²) in [6, 6.07) is 2.17. The van der Waals surface area contributed by atoms with E-state index in [-0.39, 0.29) is 4.75 Å². The molecule has 0 spiro atoms. The molecule has 4 nitrogen and oxygen atoms in total. The van der Waals surface area contributed by atoms with Gasteiger partial charge in [0.15, 0.2) is 5.84 Å². The van der Waals surface area contributed by atoms with E-state index < -0.39 is 0 Å². The van der Waals surface area contributed by atoms with Crippen LogP contribution in [0.4, 0.5) is 0 Å². The third-order valence-corrected chi connectivity index (χ3v) is 5.75. The quantitative estimate of drug-likeness (QED) is 0.385. The van der Waals surface area contributed by atoms with Crippen LogP contribution in [-0.4, -0.2) is 40.0 Å². The molecule has 1 aromatic rings. The van der Waals surface area contributed by atoms with Crippen molar-refractivity contribution in [2.75, 3.05) is 19.3 Å². The number of rotatable bonds is 4. The van der Waals surface area contributed by atoms with Crippen LogP contribution in [0.1, 0.15) is 18.4 Å². The first-order chi connectivity index (χ1) is 8.70. The van der Waals surface area contributed by atoms with Gasteiger partial charge < -0.3 is 10.9 Å². The Morgan fingerprint density at radius 3 is 2.83 bits per heavy atom. The van der Waals surface area contributed by atoms with Gasteiger partial charge in [-0.2, -0.15) is 23.1 Å². The van der Waals surface area contributed by atoms with E-state index in [0.717, 1.165) is 32.5 Å². The molecule has 2 rings (SSSR count). The Morgan fingerprint density at radius 2 is 2.33 bits per heavy atom. The standard InChI is InChI=1S/C12H19N3OS2/c1-17-12(11(13)14-16)3-5-15(6-4-12)8-10-2-7-18-9-10/h2,7,9,16H,3-6,8H2,1H3,(H2,13,14). The number of likely N-dealkylation sites (tertiary alicyclic amines) is 1. The van der Waals surface area contributed by atoms with Gasteiger partial charge in [0.2, 0.25) is 0 Å². The van der Waals surface area contributed by atoms with Crippen molar-refractivity contribution in [3.63, 3.8) is 0 Å². The second-order valence-corrected chi connectivity index (χ2v) is 6.56. The molecule has 0 bridgehead atoms. The first-order valence-electron chi connectivity index (χ1n) is 5.97. The topological polar surface area (TPSA) is 61.9 Å². The number of nitrogens with two attached hydrogens (primary N) is 1. The molecule has 1 aliphatic rings. The van der Waals surface area contributed by atoms with Gasteiger partial charge in [0.1, 0.15) is 0 Å². The lowest BCUT2D eigenvalue weighted by molar-refractivity contribution is 0.209. The zero-order valence-corrected chi connectivity index (χ0v) is 12.1. The number of nitrogens with zero attached hydrogens (tertiary/aromatic N) is 2. The molecule has 1 aromatic heterocycles. The van der Waals surface area contributed by atoms with E-state index in [1.807, 2.05) is 6.26 Å². The summed E-state index contributed by atoms with van der Waals surface area (Å²) >= 11 is 3.43. The van der Waals surface area contributed by atoms with Crippen molar-refractivity contribution in [3.8, 4) is 0 Å². The van der Waals surface area contributed by atoms with Gasteiger partial charge in [0, 0.05) is 19.6 Å². The van der Waals surface area contributed by atoms with E-state index in [1.54, 1.807) is 23.1 Å². The molecule has 100 valence electrons. The van der Waals surface area contributed by atoms with Crippen molar-refractivity contribution in [1.82, 2.24) is 4.90 Å². The number of hydrogen-bond acceptors (Lipinski definition) is 5. The van der Waals surface area contributed by atoms with Crippen LogP contribution in [0.25, 0.3) is 0 Å². The molecule has 2 heterocycles. The van der Waals surface area contributed by atoms with Crippen LogP contribution in [-0.2, 0) is 6.54 Å². The molecule has 18 heavy (non-hydrogen) atoms. The summed E-state index contributed by atoms with van der Waals surface area (Å²) in [5.41, 5.74) is 7.21. The molecular weight excluding hydrogens is 266 g/mol. The largest absolute Gasteiger partial charge is 0.409 e. The van der Waals surface area contributed by atoms with Crippen molar-refractivity contribution in [1.29, 1.82) is 0 Å². The summed E-state index contributed by atoms with van der Waals surface area (Å²) < 4.78 is -0.181. The first-order valence-corrected chi connectivity index (χ1v) is 8.13. The minimum Gasteiger partial charge on any atom is -0.409 e. The van der Waals surface area contributed by atoms with Crippen molar-refractivity contribution in [2.45, 2.75) is 24.1 Å². The second kappa shape index (κ2) is 5.95. The zero-order chi connectivity index (χ0) is 13.0. The van der Waals surface area contributed by atoms with Gasteiger partial charge in [0.05, 0.1) is 4.75 Å². The predicted octanol–water partition coefficient (Wildman–Crippen LogP) is 2.19. The van der Waals surface area contributed by atoms with E-state index in [1.165, 1.54) is 5.56 Å². The number of hydrogen-bond donors (Lipinski definition) is 2. The molecule has 1 fully saturated rings. The van der Waals surface area contributed by atoms with Gasteiger partial charge >= 0.3 is 0 Å². The van der Waals surface area contributed by atoms with Crippen molar-refractivity contribution in [3.05, 3.63) is 22.4 Å². The Morgan fingerprint density at radius 1 is 1.61 bits per heavy atom. The number of thioether (sulfide) groups is 1. The van der Waals surface area contributed by atoms with E-state index >= 15 is 0 Å². The molecule has 3 N–H and O–H groups in total. The van der Waals surface area contributed by atoms with Crippen LogP contribution in [0.5, 0.6) is 0 Å². The fourth-order valence-corrected chi connectivity index (χ4v) is 3.87. The lowest BCUT2D eigenvalue weighted by Gasteiger charge is -2.39. The molecule has 0 unspecified atom stereocenters. The number of oxime groups is 1. The van der Waals surface area contributed by atoms with Crippen LogP contribution < -0.4 is 5.73 Å². The van der Waals surface area contributed by atoms with Gasteiger partial charge in [-0.1, -0.05) is 5.16 Å². The van der Waals surface area contributed by atoms with E-state index in [9.17, 15) is 0 Å². The third-order valence-electron chi connectivity index (χ3n) is 3.62. The molecule has 1 aliphatic heterocycles. The summed E-state index contributed by atoms with van der Waals surface area (Å²) in [6.07, 6.45) is 3.91. The smallest absolute Gasteiger partial charge is 0.155 e. The van der Waals surface area contributed by atoms with E-state index in [4.69, 9.17) is 10.9 Å². The summed E-state index contributed by atoms with van der Waals surface area (Å²) in [7, 11) is 0. The zero-order valence-electron chi connectivity index (χ0n) is 10.5. The third kappa shape index (κ3) is 2.81. The number of thiophene rings is 1. The number of piperidine rings is 1. The Kier molecular flexibility index (Phi) is 4.53. The average molecular weight is 285 g/mol. The van der Waals surface area contributed by atoms with Crippen LogP contribution in [0.2, 0.25) is 0 Å². The predicted molar refractivity (Wildman–Crippen MR) is 78.5 cm³/mol. The summed E-state index contributed by atoms with van der Waals surface area (Å²) in [5, 5.41) is 16.4. The molecule has 0 amide bonds. The molecule has 6 heteroatoms. The highest BCUT2D eigenvalue weighted by Crippen LogP contribution is 2.35. The van der Waals surface area contributed by atoms with E-state index in [0.29, 0.717) is 5.84 Å². The average Bonchev–Trinajstić information content (AvgIpc) is 2.92. The Hall–Kier alpha value is -0.720. The van der Waals surface area contributed by atoms with Gasteiger partial charge in [-0.05, 0) is 41.5 Å². The molecule has 0 aromatic carbocycles. The van der Waals surface area contributed by atoms with Crippen LogP contribution >= 0.6 is 23.1 Å². The number of amidine groups is 1. The van der Waals surface area contributed by atoms with Crippen LogP contribution in [0, 0.1) is 0 Å². The maximum Gasteiger partial charge on any atom is 0.155 e. The van der Waals surface area contributed by atoms with Gasteiger partial charge in [-0.25, -0.2) is 0 Å². The second-order valence-electron chi connectivity index (χ2n) is 4.59. The molecular formula is C12H19N3OS2. The van der Waals surface area contributed by atoms with Gasteiger partial charge in [-0.15, -0.1) is 0 Å². The fraction of sp³-hybridized carbons (Fsp3) is 0.583. The highest BCUT2D eigenvalue weighted by molar-refractivity contribution is 8.00. The maximum absolute atomic E-state index is 8.89. The summed E-state index contributed by atoms with van der Waals surface area (Å²) in [4.78, 5) is 2.43. The minimum absolute atomic E-state index is 0.181. The highest BCUT2D eigenvalue weighted by atomic mass is 32.2. The lowest BCUT2D eigenvalue weighted by atomic mass is 9.94. The first kappa shape index (κ1) is 13.7. The van der Waals surface area contributed by atoms with Crippen molar-refractivity contribution < 1.29 is 5.21 Å². The molecule has 0 atom stereocenters. The van der Waals surface area contributed by atoms with Crippen LogP contribution in [0.15, 0.2) is 22.0 Å². The highest BCUT2D eigenvalue weighted by Gasteiger charge is 2.38. The Labute approximate surface area is 116 Å². The molecule has 1 saturated heterocycles. The summed E-state index contributed by atoms with van der Waals surface area (Å²) in [6.45, 7) is 2.99. The molecule has 0 saturated carbocycles. The maximum atomic E-state index is 8.89. The molecule has 0 aliphatic carbocycles. The lowest BCUT2D eigenvalue weighted by Crippen LogP contribution is -2.49. The minimum atomic E-state index is -0.181. The normalized spacial score (nSPS) is 21.1. The molecule has 0 radical (unpaired) electrons. The van der Waals surface area contributed by atoms with Crippen molar-refractivity contribution in [2.24, 2.45) is 10.9 Å². The van der Waals surface area contributed by atoms with Gasteiger partial charge in [-0.3, -0.25) is 4.90 Å². The summed E-state index contributed by atoms with van der Waals surface area (Å²) in [5.74, 6) is 0.366. The Balaban J connectivity index is 1.94. The van der Waals surface area contributed by atoms with Gasteiger partial charge in [0.25, 0.3) is 0 Å². The Bertz CT molecular complexity index is 397. The SMILES string of the molecule is CSC1(C(N)=NO)CCN(Cc2ccsc2)CC1.